The van der Waals surface area contributed by atoms with E-state index in [-0.39, 0.29) is 18.1 Å². The average Bonchev–Trinajstić information content (AvgIpc) is 2.75. The highest BCUT2D eigenvalue weighted by Crippen LogP contribution is 2.35. The van der Waals surface area contributed by atoms with Gasteiger partial charge >= 0.3 is 5.97 Å². The molecule has 1 saturated heterocycles. The minimum atomic E-state index is -0.112. The van der Waals surface area contributed by atoms with Gasteiger partial charge in [0.15, 0.2) is 0 Å². The summed E-state index contributed by atoms with van der Waals surface area (Å²) in [6.07, 6.45) is 2.96. The minimum Gasteiger partial charge on any atom is -0.468 e. The van der Waals surface area contributed by atoms with Crippen LogP contribution in [-0.2, 0) is 9.53 Å². The number of esters is 1. The highest BCUT2D eigenvalue weighted by molar-refractivity contribution is 5.76. The molecule has 1 aliphatic heterocycles. The van der Waals surface area contributed by atoms with Crippen molar-refractivity contribution in [2.75, 3.05) is 13.7 Å². The molecule has 2 N–H and O–H groups in total. The van der Waals surface area contributed by atoms with Gasteiger partial charge in [0.05, 0.1) is 7.11 Å². The maximum absolute atomic E-state index is 11.9. The Morgan fingerprint density at radius 3 is 2.47 bits per heavy atom. The van der Waals surface area contributed by atoms with Crippen LogP contribution >= 0.6 is 0 Å². The third kappa shape index (κ3) is 3.69. The van der Waals surface area contributed by atoms with Gasteiger partial charge < -0.3 is 10.5 Å². The Morgan fingerprint density at radius 2 is 2.05 bits per heavy atom. The van der Waals surface area contributed by atoms with Gasteiger partial charge in [0.1, 0.15) is 6.04 Å². The van der Waals surface area contributed by atoms with Gasteiger partial charge in [-0.3, -0.25) is 9.69 Å². The van der Waals surface area contributed by atoms with E-state index in [2.05, 4.69) is 32.6 Å². The standard InChI is InChI=1S/C15H30N2O2/c1-6-11-9-13(15(18)19-5)17(7-2)14(11)12(16)8-10(3)4/h10-14H,6-9,16H2,1-5H3/t11-,12?,13-,14-/m1/s1. The number of likely N-dealkylation sites (N-methyl/N-ethyl adjacent to an activating group) is 1. The maximum Gasteiger partial charge on any atom is 0.323 e. The fourth-order valence-electron chi connectivity index (χ4n) is 3.53. The first-order valence-electron chi connectivity index (χ1n) is 7.55. The van der Waals surface area contributed by atoms with Crippen LogP contribution in [0.4, 0.5) is 0 Å². The van der Waals surface area contributed by atoms with E-state index in [0.29, 0.717) is 17.9 Å². The molecule has 0 spiro atoms. The third-order valence-electron chi connectivity index (χ3n) is 4.34. The summed E-state index contributed by atoms with van der Waals surface area (Å²) >= 11 is 0. The molecule has 1 rings (SSSR count). The van der Waals surface area contributed by atoms with Crippen LogP contribution in [0.15, 0.2) is 0 Å². The van der Waals surface area contributed by atoms with Gasteiger partial charge in [-0.1, -0.05) is 34.1 Å². The van der Waals surface area contributed by atoms with E-state index < -0.39 is 0 Å². The van der Waals surface area contributed by atoms with Gasteiger partial charge in [0, 0.05) is 12.1 Å². The zero-order valence-corrected chi connectivity index (χ0v) is 13.1. The number of rotatable bonds is 6. The molecule has 1 aliphatic rings. The highest BCUT2D eigenvalue weighted by atomic mass is 16.5. The predicted molar refractivity (Wildman–Crippen MR) is 77.8 cm³/mol. The molecule has 0 aliphatic carbocycles. The van der Waals surface area contributed by atoms with Crippen LogP contribution in [0.25, 0.3) is 0 Å². The third-order valence-corrected chi connectivity index (χ3v) is 4.34. The number of likely N-dealkylation sites (tertiary alicyclic amines) is 1. The molecule has 19 heavy (non-hydrogen) atoms. The number of carbonyl (C=O) groups excluding carboxylic acids is 1. The predicted octanol–water partition coefficient (Wildman–Crippen LogP) is 2.02. The van der Waals surface area contributed by atoms with Crippen LogP contribution in [0.3, 0.4) is 0 Å². The van der Waals surface area contributed by atoms with Crippen molar-refractivity contribution < 1.29 is 9.53 Å². The van der Waals surface area contributed by atoms with Crippen molar-refractivity contribution in [3.63, 3.8) is 0 Å². The molecule has 112 valence electrons. The molecule has 1 heterocycles. The number of hydrogen-bond acceptors (Lipinski definition) is 4. The lowest BCUT2D eigenvalue weighted by Crippen LogP contribution is -2.51. The summed E-state index contributed by atoms with van der Waals surface area (Å²) in [5, 5.41) is 0. The molecule has 0 amide bonds. The SMILES string of the molecule is CC[C@@H]1C[C@H](C(=O)OC)N(CC)[C@H]1C(N)CC(C)C. The topological polar surface area (TPSA) is 55.6 Å². The molecule has 4 heteroatoms. The van der Waals surface area contributed by atoms with Gasteiger partial charge in [-0.15, -0.1) is 0 Å². The van der Waals surface area contributed by atoms with Crippen LogP contribution in [0.5, 0.6) is 0 Å². The van der Waals surface area contributed by atoms with E-state index in [1.54, 1.807) is 0 Å². The lowest BCUT2D eigenvalue weighted by Gasteiger charge is -2.34. The highest BCUT2D eigenvalue weighted by Gasteiger charge is 2.45. The molecular weight excluding hydrogens is 240 g/mol. The van der Waals surface area contributed by atoms with Crippen molar-refractivity contribution in [2.45, 2.75) is 65.1 Å². The summed E-state index contributed by atoms with van der Waals surface area (Å²) in [5.41, 5.74) is 6.42. The van der Waals surface area contributed by atoms with Gasteiger partial charge in [0.2, 0.25) is 0 Å². The number of methoxy groups -OCH3 is 1. The summed E-state index contributed by atoms with van der Waals surface area (Å²) in [6.45, 7) is 9.54. The Hall–Kier alpha value is -0.610. The largest absolute Gasteiger partial charge is 0.468 e. The summed E-state index contributed by atoms with van der Waals surface area (Å²) in [4.78, 5) is 14.2. The second-order valence-electron chi connectivity index (χ2n) is 6.06. The lowest BCUT2D eigenvalue weighted by atomic mass is 9.87. The van der Waals surface area contributed by atoms with Crippen molar-refractivity contribution >= 4 is 5.97 Å². The second-order valence-corrected chi connectivity index (χ2v) is 6.06. The lowest BCUT2D eigenvalue weighted by molar-refractivity contribution is -0.146. The molecule has 0 aromatic rings. The van der Waals surface area contributed by atoms with E-state index >= 15 is 0 Å². The van der Waals surface area contributed by atoms with Crippen molar-refractivity contribution in [3.8, 4) is 0 Å². The molecule has 4 nitrogen and oxygen atoms in total. The summed E-state index contributed by atoms with van der Waals surface area (Å²) < 4.78 is 4.95. The average molecular weight is 270 g/mol. The van der Waals surface area contributed by atoms with Gasteiger partial charge in [-0.25, -0.2) is 0 Å². The van der Waals surface area contributed by atoms with Crippen molar-refractivity contribution in [3.05, 3.63) is 0 Å². The maximum atomic E-state index is 11.9. The smallest absolute Gasteiger partial charge is 0.323 e. The van der Waals surface area contributed by atoms with Crippen LogP contribution < -0.4 is 5.73 Å². The Labute approximate surface area is 117 Å². The van der Waals surface area contributed by atoms with Crippen molar-refractivity contribution in [1.29, 1.82) is 0 Å². The fourth-order valence-corrected chi connectivity index (χ4v) is 3.53. The van der Waals surface area contributed by atoms with E-state index in [4.69, 9.17) is 10.5 Å². The van der Waals surface area contributed by atoms with E-state index in [9.17, 15) is 4.79 Å². The van der Waals surface area contributed by atoms with E-state index in [1.807, 2.05) is 0 Å². The zero-order chi connectivity index (χ0) is 14.6. The van der Waals surface area contributed by atoms with Crippen molar-refractivity contribution in [1.82, 2.24) is 4.90 Å². The second kappa shape index (κ2) is 7.25. The molecule has 0 aromatic carbocycles. The molecule has 1 fully saturated rings. The first kappa shape index (κ1) is 16.4. The molecule has 4 atom stereocenters. The van der Waals surface area contributed by atoms with E-state index in [0.717, 1.165) is 25.8 Å². The molecule has 0 radical (unpaired) electrons. The monoisotopic (exact) mass is 270 g/mol. The molecular formula is C15H30N2O2. The quantitative estimate of drug-likeness (QED) is 0.750. The number of nitrogens with two attached hydrogens (primary N) is 1. The Morgan fingerprint density at radius 1 is 1.42 bits per heavy atom. The first-order chi connectivity index (χ1) is 8.96. The summed E-state index contributed by atoms with van der Waals surface area (Å²) in [5.74, 6) is 0.973. The van der Waals surface area contributed by atoms with Gasteiger partial charge in [0.25, 0.3) is 0 Å². The van der Waals surface area contributed by atoms with Gasteiger partial charge in [-0.05, 0) is 31.2 Å². The normalized spacial score (nSPS) is 29.7. The van der Waals surface area contributed by atoms with Crippen LogP contribution in [-0.4, -0.2) is 42.6 Å². The van der Waals surface area contributed by atoms with Crippen molar-refractivity contribution in [2.24, 2.45) is 17.6 Å². The summed E-state index contributed by atoms with van der Waals surface area (Å²) in [7, 11) is 1.47. The Balaban J connectivity index is 2.88. The Kier molecular flexibility index (Phi) is 6.27. The fraction of sp³-hybridized carbons (Fsp3) is 0.933. The number of nitrogens with zero attached hydrogens (tertiary/aromatic N) is 1. The summed E-state index contributed by atoms with van der Waals surface area (Å²) in [6, 6.07) is 0.337. The van der Waals surface area contributed by atoms with Crippen LogP contribution in [0.2, 0.25) is 0 Å². The Bertz CT molecular complexity index is 294. The van der Waals surface area contributed by atoms with Crippen LogP contribution in [0.1, 0.15) is 47.0 Å². The minimum absolute atomic E-state index is 0.108. The van der Waals surface area contributed by atoms with E-state index in [1.165, 1.54) is 7.11 Å². The van der Waals surface area contributed by atoms with Gasteiger partial charge in [-0.2, -0.15) is 0 Å². The molecule has 0 saturated carbocycles. The number of hydrogen-bond donors (Lipinski definition) is 1. The number of carbonyl (C=O) groups is 1. The molecule has 1 unspecified atom stereocenters. The first-order valence-corrected chi connectivity index (χ1v) is 7.55. The number of ether oxygens (including phenoxy) is 1. The molecule has 0 bridgehead atoms. The van der Waals surface area contributed by atoms with Crippen LogP contribution in [0, 0.1) is 11.8 Å². The molecule has 0 aromatic heterocycles. The zero-order valence-electron chi connectivity index (χ0n) is 13.1.